The van der Waals surface area contributed by atoms with Crippen molar-refractivity contribution in [3.8, 4) is 5.75 Å². The van der Waals surface area contributed by atoms with E-state index in [9.17, 15) is 18.8 Å². The number of esters is 1. The molecule has 1 aromatic heterocycles. The predicted octanol–water partition coefficient (Wildman–Crippen LogP) is 3.38. The number of nitrogens with zero attached hydrogens (tertiary/aromatic N) is 3. The second-order valence-corrected chi connectivity index (χ2v) is 8.61. The summed E-state index contributed by atoms with van der Waals surface area (Å²) in [7, 11) is 0. The molecule has 1 atom stereocenters. The Balaban J connectivity index is 1.40. The molecule has 1 unspecified atom stereocenters. The quantitative estimate of drug-likeness (QED) is 0.491. The molecule has 0 bridgehead atoms. The number of nitrogens with one attached hydrogen (secondary N) is 1. The highest BCUT2D eigenvalue weighted by atomic mass is 19.1. The van der Waals surface area contributed by atoms with Crippen LogP contribution in [0, 0.1) is 5.82 Å². The van der Waals surface area contributed by atoms with Crippen molar-refractivity contribution in [3.05, 3.63) is 53.7 Å². The first kappa shape index (κ1) is 24.4. The Morgan fingerprint density at radius 2 is 2.06 bits per heavy atom. The maximum Gasteiger partial charge on any atom is 0.327 e. The van der Waals surface area contributed by atoms with Crippen molar-refractivity contribution in [1.82, 2.24) is 14.7 Å². The molecule has 186 valence electrons. The highest BCUT2D eigenvalue weighted by Gasteiger charge is 2.35. The molecule has 1 aromatic carbocycles. The van der Waals surface area contributed by atoms with Gasteiger partial charge in [0.25, 0.3) is 5.91 Å². The van der Waals surface area contributed by atoms with Gasteiger partial charge in [-0.2, -0.15) is 5.10 Å². The summed E-state index contributed by atoms with van der Waals surface area (Å²) in [6, 6.07) is 5.85. The van der Waals surface area contributed by atoms with Crippen molar-refractivity contribution in [2.75, 3.05) is 18.5 Å². The molecule has 4 rings (SSSR count). The van der Waals surface area contributed by atoms with Crippen molar-refractivity contribution in [1.29, 1.82) is 0 Å². The molecular weight excluding hydrogens is 455 g/mol. The number of halogens is 1. The molecule has 10 heteroatoms. The fourth-order valence-corrected chi connectivity index (χ4v) is 4.06. The second-order valence-electron chi connectivity index (χ2n) is 8.61. The summed E-state index contributed by atoms with van der Waals surface area (Å²) >= 11 is 0. The lowest BCUT2D eigenvalue weighted by Gasteiger charge is -2.26. The van der Waals surface area contributed by atoms with Crippen LogP contribution in [0.1, 0.15) is 51.0 Å². The van der Waals surface area contributed by atoms with Crippen LogP contribution in [0.3, 0.4) is 0 Å². The first-order valence-corrected chi connectivity index (χ1v) is 11.9. The van der Waals surface area contributed by atoms with Gasteiger partial charge >= 0.3 is 5.97 Å². The molecule has 2 aromatic rings. The highest BCUT2D eigenvalue weighted by molar-refractivity contribution is 5.99. The summed E-state index contributed by atoms with van der Waals surface area (Å²) in [6.07, 6.45) is 5.86. The molecular formula is C25H29FN4O5. The monoisotopic (exact) mass is 484 g/mol. The van der Waals surface area contributed by atoms with Crippen LogP contribution >= 0.6 is 0 Å². The average molecular weight is 485 g/mol. The number of hydrogen-bond acceptors (Lipinski definition) is 6. The number of carbonyl (C=O) groups is 3. The van der Waals surface area contributed by atoms with E-state index in [-0.39, 0.29) is 48.8 Å². The number of ether oxygens (including phenoxy) is 2. The van der Waals surface area contributed by atoms with E-state index in [1.807, 2.05) is 6.92 Å². The molecule has 1 aliphatic heterocycles. The number of anilines is 1. The van der Waals surface area contributed by atoms with Crippen molar-refractivity contribution < 1.29 is 28.2 Å². The predicted molar refractivity (Wildman–Crippen MR) is 125 cm³/mol. The van der Waals surface area contributed by atoms with E-state index < -0.39 is 23.7 Å². The van der Waals surface area contributed by atoms with Crippen LogP contribution in [0.5, 0.6) is 5.75 Å². The lowest BCUT2D eigenvalue weighted by Crippen LogP contribution is -2.45. The first-order chi connectivity index (χ1) is 16.9. The standard InChI is InChI=1S/C25H29FN4O5/c1-3-6-19(25(33)27-21-11-12-29(28-21)15-23(32)34-4-2)30-14-17(13-22(30)31)35-20-8-5-7-18(24(20)26)16-9-10-16/h5,7-8,11-13,16,19H,3-4,6,9-10,14-15H2,1-2H3,(H,27,28,33). The SMILES string of the molecule is CCCC(C(=O)Nc1ccn(CC(=O)OCC)n1)N1CC(Oc2cccc(C3CC3)c2F)=CC1=O. The van der Waals surface area contributed by atoms with Crippen LogP contribution < -0.4 is 10.1 Å². The van der Waals surface area contributed by atoms with Crippen LogP contribution in [0.2, 0.25) is 0 Å². The third-order valence-corrected chi connectivity index (χ3v) is 5.87. The van der Waals surface area contributed by atoms with Crippen LogP contribution in [-0.2, 0) is 25.7 Å². The minimum Gasteiger partial charge on any atom is -0.465 e. The van der Waals surface area contributed by atoms with Gasteiger partial charge in [-0.3, -0.25) is 19.1 Å². The van der Waals surface area contributed by atoms with Crippen molar-refractivity contribution in [2.45, 2.75) is 58.0 Å². The third kappa shape index (κ3) is 5.87. The van der Waals surface area contributed by atoms with E-state index in [0.29, 0.717) is 18.4 Å². The summed E-state index contributed by atoms with van der Waals surface area (Å²) in [5, 5.41) is 6.88. The van der Waals surface area contributed by atoms with Gasteiger partial charge in [0.2, 0.25) is 5.91 Å². The van der Waals surface area contributed by atoms with Crippen LogP contribution in [-0.4, -0.2) is 51.7 Å². The zero-order chi connectivity index (χ0) is 24.9. The Hall–Kier alpha value is -3.69. The minimum atomic E-state index is -0.761. The van der Waals surface area contributed by atoms with Crippen LogP contribution in [0.25, 0.3) is 0 Å². The van der Waals surface area contributed by atoms with Gasteiger partial charge in [-0.05, 0) is 43.7 Å². The Bertz CT molecular complexity index is 1140. The number of rotatable bonds is 11. The maximum atomic E-state index is 14.8. The molecule has 1 saturated carbocycles. The van der Waals surface area contributed by atoms with Gasteiger partial charge in [0, 0.05) is 18.3 Å². The van der Waals surface area contributed by atoms with Crippen LogP contribution in [0.4, 0.5) is 10.2 Å². The smallest absolute Gasteiger partial charge is 0.327 e. The molecule has 35 heavy (non-hydrogen) atoms. The first-order valence-electron chi connectivity index (χ1n) is 11.9. The Morgan fingerprint density at radius 3 is 2.77 bits per heavy atom. The Kier molecular flexibility index (Phi) is 7.48. The number of carbonyl (C=O) groups excluding carboxylic acids is 3. The summed E-state index contributed by atoms with van der Waals surface area (Å²) in [5.74, 6) is -0.754. The molecule has 2 heterocycles. The topological polar surface area (TPSA) is 103 Å². The third-order valence-electron chi connectivity index (χ3n) is 5.87. The molecule has 0 saturated heterocycles. The van der Waals surface area contributed by atoms with Crippen molar-refractivity contribution in [3.63, 3.8) is 0 Å². The summed E-state index contributed by atoms with van der Waals surface area (Å²) < 4.78 is 26.8. The Morgan fingerprint density at radius 1 is 1.26 bits per heavy atom. The van der Waals surface area contributed by atoms with Gasteiger partial charge in [-0.25, -0.2) is 4.39 Å². The van der Waals surface area contributed by atoms with Gasteiger partial charge in [0.15, 0.2) is 17.4 Å². The zero-order valence-corrected chi connectivity index (χ0v) is 19.8. The van der Waals surface area contributed by atoms with E-state index >= 15 is 0 Å². The fourth-order valence-electron chi connectivity index (χ4n) is 4.06. The van der Waals surface area contributed by atoms with E-state index in [2.05, 4.69) is 10.4 Å². The molecule has 1 fully saturated rings. The van der Waals surface area contributed by atoms with Crippen LogP contribution in [0.15, 0.2) is 42.3 Å². The van der Waals surface area contributed by atoms with E-state index in [1.165, 1.54) is 21.7 Å². The number of amides is 2. The number of hydrogen-bond donors (Lipinski definition) is 1. The van der Waals surface area contributed by atoms with Gasteiger partial charge < -0.3 is 19.7 Å². The van der Waals surface area contributed by atoms with Crippen molar-refractivity contribution in [2.24, 2.45) is 0 Å². The van der Waals surface area contributed by atoms with Gasteiger partial charge in [0.1, 0.15) is 18.3 Å². The van der Waals surface area contributed by atoms with E-state index in [4.69, 9.17) is 9.47 Å². The number of aromatic nitrogens is 2. The van der Waals surface area contributed by atoms with E-state index in [0.717, 1.165) is 12.8 Å². The van der Waals surface area contributed by atoms with Crippen molar-refractivity contribution >= 4 is 23.6 Å². The highest BCUT2D eigenvalue weighted by Crippen LogP contribution is 2.43. The fraction of sp³-hybridized carbons (Fsp3) is 0.440. The lowest BCUT2D eigenvalue weighted by molar-refractivity contribution is -0.144. The van der Waals surface area contributed by atoms with E-state index in [1.54, 1.807) is 31.3 Å². The van der Waals surface area contributed by atoms with Gasteiger partial charge in [0.05, 0.1) is 13.2 Å². The second kappa shape index (κ2) is 10.7. The summed E-state index contributed by atoms with van der Waals surface area (Å²) in [5.41, 5.74) is 0.634. The molecule has 2 aliphatic rings. The zero-order valence-electron chi connectivity index (χ0n) is 19.8. The summed E-state index contributed by atoms with van der Waals surface area (Å²) in [6.45, 7) is 3.88. The normalized spacial score (nSPS) is 16.1. The molecule has 9 nitrogen and oxygen atoms in total. The average Bonchev–Trinajstić information content (AvgIpc) is 3.47. The maximum absolute atomic E-state index is 14.8. The minimum absolute atomic E-state index is 0.0569. The van der Waals surface area contributed by atoms with Gasteiger partial charge in [-0.1, -0.05) is 25.5 Å². The molecule has 1 N–H and O–H groups in total. The lowest BCUT2D eigenvalue weighted by atomic mass is 10.1. The molecule has 0 spiro atoms. The number of benzene rings is 1. The summed E-state index contributed by atoms with van der Waals surface area (Å²) in [4.78, 5) is 38.8. The Labute approximate surface area is 202 Å². The largest absolute Gasteiger partial charge is 0.465 e. The molecule has 1 aliphatic carbocycles. The molecule has 2 amide bonds. The molecule has 0 radical (unpaired) electrons. The van der Waals surface area contributed by atoms with Gasteiger partial charge in [-0.15, -0.1) is 0 Å².